The number of aromatic nitrogens is 1. The zero-order chi connectivity index (χ0) is 20.2. The van der Waals surface area contributed by atoms with E-state index in [0.717, 1.165) is 44.5 Å². The van der Waals surface area contributed by atoms with Crippen molar-refractivity contribution < 1.29 is 4.74 Å². The summed E-state index contributed by atoms with van der Waals surface area (Å²) >= 11 is 0. The van der Waals surface area contributed by atoms with Gasteiger partial charge in [0.2, 0.25) is 0 Å². The number of nitrogens with one attached hydrogen (secondary N) is 1. The van der Waals surface area contributed by atoms with Crippen LogP contribution in [0, 0.1) is 0 Å². The van der Waals surface area contributed by atoms with E-state index in [1.807, 2.05) is 6.08 Å². The smallest absolute Gasteiger partial charge is 0.122 e. The van der Waals surface area contributed by atoms with Crippen LogP contribution in [0.4, 0.5) is 0 Å². The van der Waals surface area contributed by atoms with E-state index >= 15 is 0 Å². The first-order valence-electron chi connectivity index (χ1n) is 10.9. The fourth-order valence-electron chi connectivity index (χ4n) is 4.75. The van der Waals surface area contributed by atoms with Crippen molar-refractivity contribution in [3.05, 3.63) is 77.5 Å². The number of aryl methyl sites for hydroxylation is 2. The highest BCUT2D eigenvalue weighted by Crippen LogP contribution is 2.38. The number of ether oxygens (including phenoxy) is 1. The minimum atomic E-state index is 0.399. The molecular weight excluding hydrogens is 356 g/mol. The van der Waals surface area contributed by atoms with Crippen LogP contribution in [0.3, 0.4) is 0 Å². The summed E-state index contributed by atoms with van der Waals surface area (Å²) in [6, 6.07) is 13.7. The summed E-state index contributed by atoms with van der Waals surface area (Å²) in [6.07, 6.45) is 8.48. The van der Waals surface area contributed by atoms with Crippen LogP contribution in [0.15, 0.2) is 55.3 Å². The van der Waals surface area contributed by atoms with Crippen LogP contribution in [0.2, 0.25) is 0 Å². The van der Waals surface area contributed by atoms with Gasteiger partial charge in [-0.2, -0.15) is 0 Å². The lowest BCUT2D eigenvalue weighted by Gasteiger charge is -2.37. The molecule has 3 aromatic rings. The van der Waals surface area contributed by atoms with E-state index in [1.54, 1.807) is 0 Å². The van der Waals surface area contributed by atoms with Gasteiger partial charge in [0.25, 0.3) is 0 Å². The van der Waals surface area contributed by atoms with Crippen LogP contribution < -0.4 is 4.74 Å². The molecule has 1 aromatic heterocycles. The molecule has 1 aliphatic heterocycles. The molecule has 0 saturated heterocycles. The average Bonchev–Trinajstić information content (AvgIpc) is 3.16. The lowest BCUT2D eigenvalue weighted by atomic mass is 9.87. The summed E-state index contributed by atoms with van der Waals surface area (Å²) in [4.78, 5) is 6.00. The van der Waals surface area contributed by atoms with Gasteiger partial charge in [-0.05, 0) is 67.0 Å². The minimum Gasteiger partial charge on any atom is -0.494 e. The van der Waals surface area contributed by atoms with Gasteiger partial charge in [0.1, 0.15) is 5.75 Å². The maximum absolute atomic E-state index is 6.00. The van der Waals surface area contributed by atoms with Crippen molar-refractivity contribution in [1.82, 2.24) is 9.88 Å². The number of hydrogen-bond acceptors (Lipinski definition) is 2. The van der Waals surface area contributed by atoms with E-state index in [0.29, 0.717) is 12.6 Å². The van der Waals surface area contributed by atoms with Gasteiger partial charge in [-0.25, -0.2) is 0 Å². The molecule has 1 aliphatic rings. The van der Waals surface area contributed by atoms with Gasteiger partial charge in [-0.15, -0.1) is 6.58 Å². The summed E-state index contributed by atoms with van der Waals surface area (Å²) in [5, 5.41) is 1.34. The number of H-pyrrole nitrogens is 1. The highest BCUT2D eigenvalue weighted by molar-refractivity contribution is 5.83. The second-order valence-corrected chi connectivity index (χ2v) is 7.89. The Bertz CT molecular complexity index is 988. The number of benzene rings is 2. The number of para-hydroxylation sites is 1. The first kappa shape index (κ1) is 19.8. The van der Waals surface area contributed by atoms with Crippen molar-refractivity contribution >= 4 is 10.9 Å². The van der Waals surface area contributed by atoms with Crippen molar-refractivity contribution in [3.8, 4) is 5.75 Å². The first-order valence-corrected chi connectivity index (χ1v) is 10.9. The highest BCUT2D eigenvalue weighted by Gasteiger charge is 2.28. The molecule has 3 nitrogen and oxygen atoms in total. The van der Waals surface area contributed by atoms with Gasteiger partial charge in [-0.1, -0.05) is 37.3 Å². The number of hydrogen-bond donors (Lipinski definition) is 1. The minimum absolute atomic E-state index is 0.399. The third kappa shape index (κ3) is 3.97. The molecule has 1 atom stereocenters. The van der Waals surface area contributed by atoms with Gasteiger partial charge in [0.15, 0.2) is 0 Å². The lowest BCUT2D eigenvalue weighted by molar-refractivity contribution is 0.195. The van der Waals surface area contributed by atoms with E-state index < -0.39 is 0 Å². The van der Waals surface area contributed by atoms with Crippen molar-refractivity contribution in [2.45, 2.75) is 45.6 Å². The predicted molar refractivity (Wildman–Crippen MR) is 122 cm³/mol. The van der Waals surface area contributed by atoms with Gasteiger partial charge < -0.3 is 9.72 Å². The Hall–Kier alpha value is -2.52. The Balaban J connectivity index is 1.66. The fourth-order valence-corrected chi connectivity index (χ4v) is 4.75. The third-order valence-electron chi connectivity index (χ3n) is 6.20. The molecule has 1 unspecified atom stereocenters. The summed E-state index contributed by atoms with van der Waals surface area (Å²) in [5.41, 5.74) is 6.90. The predicted octanol–water partition coefficient (Wildman–Crippen LogP) is 5.85. The average molecular weight is 389 g/mol. The molecule has 1 N–H and O–H groups in total. The van der Waals surface area contributed by atoms with Crippen LogP contribution in [0.25, 0.3) is 10.9 Å². The first-order chi connectivity index (χ1) is 14.2. The van der Waals surface area contributed by atoms with Crippen LogP contribution in [0.1, 0.15) is 48.6 Å². The molecule has 0 fully saturated rings. The van der Waals surface area contributed by atoms with E-state index in [4.69, 9.17) is 4.74 Å². The summed E-state index contributed by atoms with van der Waals surface area (Å²) in [7, 11) is 0. The van der Waals surface area contributed by atoms with E-state index in [-0.39, 0.29) is 0 Å². The number of nitrogens with zero attached hydrogens (tertiary/aromatic N) is 1. The summed E-state index contributed by atoms with van der Waals surface area (Å²) < 4.78 is 6.00. The van der Waals surface area contributed by atoms with Gasteiger partial charge in [0, 0.05) is 36.2 Å². The molecule has 0 radical (unpaired) electrons. The zero-order valence-electron chi connectivity index (χ0n) is 17.7. The second-order valence-electron chi connectivity index (χ2n) is 7.89. The maximum Gasteiger partial charge on any atom is 0.122 e. The van der Waals surface area contributed by atoms with Crippen molar-refractivity contribution in [2.24, 2.45) is 0 Å². The Labute approximate surface area is 174 Å². The van der Waals surface area contributed by atoms with Gasteiger partial charge >= 0.3 is 0 Å². The monoisotopic (exact) mass is 388 g/mol. The van der Waals surface area contributed by atoms with Crippen LogP contribution in [-0.4, -0.2) is 29.6 Å². The third-order valence-corrected chi connectivity index (χ3v) is 6.20. The standard InChI is InChI=1S/C26H32N2O/c1-4-14-28-15-13-20-16-19(5-2)26(29-6-3)17-23(20)25(28)12-11-21-18-27-24-10-8-7-9-22(21)24/h4,7-10,16-18,25,27H,1,5-6,11-15H2,2-3H3. The molecule has 29 heavy (non-hydrogen) atoms. The summed E-state index contributed by atoms with van der Waals surface area (Å²) in [5.74, 6) is 1.06. The van der Waals surface area contributed by atoms with E-state index in [1.165, 1.54) is 33.2 Å². The molecule has 2 aromatic carbocycles. The quantitative estimate of drug-likeness (QED) is 0.491. The molecule has 2 heterocycles. The summed E-state index contributed by atoms with van der Waals surface area (Å²) in [6.45, 7) is 11.0. The zero-order valence-corrected chi connectivity index (χ0v) is 17.7. The Morgan fingerprint density at radius 1 is 1.21 bits per heavy atom. The Morgan fingerprint density at radius 3 is 2.86 bits per heavy atom. The van der Waals surface area contributed by atoms with E-state index in [2.05, 4.69) is 72.9 Å². The molecule has 0 amide bonds. The Kier molecular flexibility index (Phi) is 6.05. The van der Waals surface area contributed by atoms with Gasteiger partial charge in [0.05, 0.1) is 6.61 Å². The van der Waals surface area contributed by atoms with Crippen LogP contribution in [0.5, 0.6) is 5.75 Å². The number of fused-ring (bicyclic) bond motifs is 2. The molecule has 0 saturated carbocycles. The number of aromatic amines is 1. The molecule has 152 valence electrons. The second kappa shape index (κ2) is 8.87. The van der Waals surface area contributed by atoms with Crippen LogP contribution >= 0.6 is 0 Å². The highest BCUT2D eigenvalue weighted by atomic mass is 16.5. The molecule has 0 spiro atoms. The number of rotatable bonds is 8. The maximum atomic E-state index is 6.00. The van der Waals surface area contributed by atoms with Crippen molar-refractivity contribution in [3.63, 3.8) is 0 Å². The van der Waals surface area contributed by atoms with Crippen molar-refractivity contribution in [1.29, 1.82) is 0 Å². The SMILES string of the molecule is C=CCN1CCc2cc(CC)c(OCC)cc2C1CCc1c[nH]c2ccccc12. The fraction of sp³-hybridized carbons (Fsp3) is 0.385. The molecule has 0 aliphatic carbocycles. The molecule has 4 rings (SSSR count). The van der Waals surface area contributed by atoms with Crippen LogP contribution in [-0.2, 0) is 19.3 Å². The van der Waals surface area contributed by atoms with E-state index in [9.17, 15) is 0 Å². The van der Waals surface area contributed by atoms with Gasteiger partial charge in [-0.3, -0.25) is 4.90 Å². The van der Waals surface area contributed by atoms with Crippen molar-refractivity contribution in [2.75, 3.05) is 19.7 Å². The largest absolute Gasteiger partial charge is 0.494 e. The normalized spacial score (nSPS) is 16.7. The topological polar surface area (TPSA) is 28.3 Å². The molecular formula is C26H32N2O. The molecule has 0 bridgehead atoms. The Morgan fingerprint density at radius 2 is 2.07 bits per heavy atom. The lowest BCUT2D eigenvalue weighted by Crippen LogP contribution is -2.36. The molecule has 3 heteroatoms.